The number of aliphatic hydroxyl groups is 3. The Labute approximate surface area is 265 Å². The lowest BCUT2D eigenvalue weighted by Crippen LogP contribution is -2.62. The van der Waals surface area contributed by atoms with E-state index in [1.165, 1.54) is 24.0 Å². The maximum absolute atomic E-state index is 13.4. The van der Waals surface area contributed by atoms with Crippen molar-refractivity contribution in [3.8, 4) is 5.75 Å². The van der Waals surface area contributed by atoms with Crippen LogP contribution in [0.2, 0.25) is 0 Å². The van der Waals surface area contributed by atoms with Crippen molar-refractivity contribution in [3.05, 3.63) is 27.7 Å². The van der Waals surface area contributed by atoms with E-state index in [1.54, 1.807) is 0 Å². The van der Waals surface area contributed by atoms with Gasteiger partial charge in [0.25, 0.3) is 0 Å². The summed E-state index contributed by atoms with van der Waals surface area (Å²) in [5.74, 6) is 2.09. The van der Waals surface area contributed by atoms with Gasteiger partial charge in [-0.05, 0) is 125 Å². The third-order valence-corrected chi connectivity index (χ3v) is 12.8. The number of ketones is 2. The molecule has 43 heavy (non-hydrogen) atoms. The van der Waals surface area contributed by atoms with E-state index in [-0.39, 0.29) is 41.5 Å². The van der Waals surface area contributed by atoms with Crippen LogP contribution in [0.25, 0.3) is 0 Å². The average molecular weight is 663 g/mol. The summed E-state index contributed by atoms with van der Waals surface area (Å²) in [7, 11) is 0. The van der Waals surface area contributed by atoms with Crippen LogP contribution in [0.1, 0.15) is 89.2 Å². The molecule has 7 nitrogen and oxygen atoms in total. The van der Waals surface area contributed by atoms with Gasteiger partial charge in [-0.15, -0.1) is 0 Å². The fraction of sp³-hybridized carbons (Fsp3) is 0.771. The SMILES string of the molecule is C[C@]12CC[C@@H](O)C[C@H]1CC[C@@H]1[C@@H]2C(=O)C[C@@]2(C)[C@H]1CC[C@]2(O)C(=O)CO.Cc1cc(Br)cc(C)c1OC[C@H]1CCCNC1. The molecule has 4 N–H and O–H groups in total. The number of nitrogens with one attached hydrogen (secondary N) is 1. The number of rotatable bonds is 5. The van der Waals surface area contributed by atoms with Gasteiger partial charge < -0.3 is 25.4 Å². The van der Waals surface area contributed by atoms with Crippen molar-refractivity contribution in [3.63, 3.8) is 0 Å². The lowest BCUT2D eigenvalue weighted by Gasteiger charge is -2.60. The smallest absolute Gasteiger partial charge is 0.190 e. The zero-order valence-electron chi connectivity index (χ0n) is 26.5. The van der Waals surface area contributed by atoms with Crippen molar-refractivity contribution in [1.29, 1.82) is 0 Å². The van der Waals surface area contributed by atoms with Gasteiger partial charge in [-0.2, -0.15) is 0 Å². The van der Waals surface area contributed by atoms with E-state index >= 15 is 0 Å². The van der Waals surface area contributed by atoms with Crippen molar-refractivity contribution in [2.75, 3.05) is 26.3 Å². The number of aryl methyl sites for hydroxylation is 2. The normalized spacial score (nSPS) is 40.4. The van der Waals surface area contributed by atoms with Crippen LogP contribution >= 0.6 is 15.9 Å². The molecule has 0 amide bonds. The molecule has 1 heterocycles. The number of piperidine rings is 1. The van der Waals surface area contributed by atoms with Gasteiger partial charge in [-0.1, -0.05) is 29.8 Å². The van der Waals surface area contributed by atoms with Crippen LogP contribution in [0.4, 0.5) is 0 Å². The van der Waals surface area contributed by atoms with Crippen LogP contribution in [-0.4, -0.2) is 64.9 Å². The summed E-state index contributed by atoms with van der Waals surface area (Å²) in [6.07, 6.45) is 8.02. The van der Waals surface area contributed by atoms with Crippen molar-refractivity contribution in [1.82, 2.24) is 5.32 Å². The predicted molar refractivity (Wildman–Crippen MR) is 170 cm³/mol. The van der Waals surface area contributed by atoms with E-state index in [4.69, 9.17) is 4.74 Å². The second kappa shape index (κ2) is 12.8. The summed E-state index contributed by atoms with van der Waals surface area (Å²) in [6, 6.07) is 4.23. The molecule has 0 aromatic heterocycles. The first-order valence-electron chi connectivity index (χ1n) is 16.5. The predicted octanol–water partition coefficient (Wildman–Crippen LogP) is 5.31. The van der Waals surface area contributed by atoms with E-state index in [0.717, 1.165) is 68.4 Å². The van der Waals surface area contributed by atoms with Crippen molar-refractivity contribution in [2.45, 2.75) is 104 Å². The summed E-state index contributed by atoms with van der Waals surface area (Å²) in [6.45, 7) is 10.8. The summed E-state index contributed by atoms with van der Waals surface area (Å²) in [5, 5.41) is 34.0. The highest BCUT2D eigenvalue weighted by molar-refractivity contribution is 9.10. The number of fused-ring (bicyclic) bond motifs is 5. The molecule has 1 aliphatic heterocycles. The van der Waals surface area contributed by atoms with Crippen LogP contribution in [-0.2, 0) is 9.59 Å². The molecule has 5 aliphatic rings. The molecule has 0 radical (unpaired) electrons. The van der Waals surface area contributed by atoms with Gasteiger partial charge in [0.05, 0.1) is 12.7 Å². The Morgan fingerprint density at radius 3 is 2.47 bits per heavy atom. The Balaban J connectivity index is 0.000000188. The van der Waals surface area contributed by atoms with Gasteiger partial charge in [0.2, 0.25) is 0 Å². The number of Topliss-reactive ketones (excluding diaryl/α,β-unsaturated/α-hetero) is 2. The third-order valence-electron chi connectivity index (χ3n) is 12.4. The van der Waals surface area contributed by atoms with Crippen LogP contribution < -0.4 is 10.1 Å². The van der Waals surface area contributed by atoms with Crippen LogP contribution in [0.3, 0.4) is 0 Å². The van der Waals surface area contributed by atoms with Crippen LogP contribution in [0.15, 0.2) is 16.6 Å². The highest BCUT2D eigenvalue weighted by Gasteiger charge is 2.68. The minimum atomic E-state index is -1.58. The molecule has 4 aliphatic carbocycles. The molecule has 5 fully saturated rings. The minimum absolute atomic E-state index is 0.0154. The Bertz CT molecular complexity index is 1180. The topological polar surface area (TPSA) is 116 Å². The maximum atomic E-state index is 13.4. The lowest BCUT2D eigenvalue weighted by atomic mass is 9.44. The van der Waals surface area contributed by atoms with Gasteiger partial charge in [0, 0.05) is 34.7 Å². The summed E-state index contributed by atoms with van der Waals surface area (Å²) in [4.78, 5) is 25.7. The zero-order valence-corrected chi connectivity index (χ0v) is 28.0. The Hall–Kier alpha value is -1.32. The highest BCUT2D eigenvalue weighted by atomic mass is 79.9. The quantitative estimate of drug-likeness (QED) is 0.338. The number of ether oxygens (including phenoxy) is 1. The number of benzene rings is 1. The van der Waals surface area contributed by atoms with Crippen molar-refractivity contribution in [2.24, 2.45) is 40.4 Å². The van der Waals surface area contributed by atoms with Gasteiger partial charge >= 0.3 is 0 Å². The second-order valence-corrected chi connectivity index (χ2v) is 15.8. The standard InChI is InChI=1S/C21H32O5.C14H20BrNO/c1-19-7-5-13(23)9-12(19)3-4-14-15-6-8-21(26,17(25)11-22)20(15,2)10-16(24)18(14)19;1-10-6-13(15)7-11(2)14(10)17-9-12-4-3-5-16-8-12/h12-15,18,22-23,26H,3-11H2,1-2H3;6-7,12,16H,3-5,8-9H2,1-2H3/t12-,13-,14+,15+,18-,19+,20+,21+;12-/m10/s1. The lowest BCUT2D eigenvalue weighted by molar-refractivity contribution is -0.180. The molecule has 8 heteroatoms. The Morgan fingerprint density at radius 2 is 1.81 bits per heavy atom. The van der Waals surface area contributed by atoms with E-state index in [1.807, 2.05) is 6.92 Å². The first-order chi connectivity index (χ1) is 20.3. The average Bonchev–Trinajstić information content (AvgIpc) is 3.23. The Morgan fingerprint density at radius 1 is 1.09 bits per heavy atom. The molecule has 1 aromatic carbocycles. The number of carbonyl (C=O) groups is 2. The van der Waals surface area contributed by atoms with Crippen molar-refractivity contribution < 1.29 is 29.6 Å². The number of aliphatic hydroxyl groups excluding tert-OH is 2. The van der Waals surface area contributed by atoms with E-state index < -0.39 is 23.4 Å². The van der Waals surface area contributed by atoms with Crippen LogP contribution in [0, 0.1) is 54.3 Å². The molecule has 9 atom stereocenters. The molecular weight excluding hydrogens is 610 g/mol. The van der Waals surface area contributed by atoms with Gasteiger partial charge in [-0.25, -0.2) is 0 Å². The highest BCUT2D eigenvalue weighted by Crippen LogP contribution is 2.67. The second-order valence-electron chi connectivity index (χ2n) is 14.9. The number of hydrogen-bond acceptors (Lipinski definition) is 7. The molecule has 1 saturated heterocycles. The fourth-order valence-electron chi connectivity index (χ4n) is 10.0. The number of carbonyl (C=O) groups excluding carboxylic acids is 2. The molecule has 4 saturated carbocycles. The number of halogens is 1. The van der Waals surface area contributed by atoms with Gasteiger partial charge in [-0.3, -0.25) is 9.59 Å². The largest absolute Gasteiger partial charge is 0.493 e. The summed E-state index contributed by atoms with van der Waals surface area (Å²) in [5.41, 5.74) is 0.0133. The van der Waals surface area contributed by atoms with E-state index in [0.29, 0.717) is 18.3 Å². The molecule has 1 aromatic rings. The first-order valence-corrected chi connectivity index (χ1v) is 17.3. The number of hydrogen-bond donors (Lipinski definition) is 4. The van der Waals surface area contributed by atoms with Crippen molar-refractivity contribution >= 4 is 27.5 Å². The molecular formula is C35H52BrNO6. The molecule has 0 unspecified atom stereocenters. The van der Waals surface area contributed by atoms with E-state index in [9.17, 15) is 24.9 Å². The molecule has 0 spiro atoms. The monoisotopic (exact) mass is 661 g/mol. The minimum Gasteiger partial charge on any atom is -0.493 e. The van der Waals surface area contributed by atoms with Gasteiger partial charge in [0.15, 0.2) is 5.78 Å². The fourth-order valence-corrected chi connectivity index (χ4v) is 10.7. The summed E-state index contributed by atoms with van der Waals surface area (Å²) < 4.78 is 7.13. The molecule has 0 bridgehead atoms. The van der Waals surface area contributed by atoms with Gasteiger partial charge in [0.1, 0.15) is 23.7 Å². The first kappa shape index (κ1) is 33.1. The molecule has 6 rings (SSSR count). The molecule has 240 valence electrons. The maximum Gasteiger partial charge on any atom is 0.190 e. The summed E-state index contributed by atoms with van der Waals surface area (Å²) >= 11 is 3.51. The van der Waals surface area contributed by atoms with Crippen LogP contribution in [0.5, 0.6) is 5.75 Å². The van der Waals surface area contributed by atoms with E-state index in [2.05, 4.69) is 54.2 Å². The third kappa shape index (κ3) is 6.00. The Kier molecular flexibility index (Phi) is 9.86. The zero-order chi connectivity index (χ0) is 31.2.